The lowest BCUT2D eigenvalue weighted by atomic mass is 10.1. The van der Waals surface area contributed by atoms with Crippen LogP contribution in [-0.4, -0.2) is 29.9 Å². The van der Waals surface area contributed by atoms with E-state index in [0.29, 0.717) is 5.92 Å². The smallest absolute Gasteiger partial charge is 0.239 e. The van der Waals surface area contributed by atoms with E-state index >= 15 is 0 Å². The molecule has 1 aliphatic rings. The highest BCUT2D eigenvalue weighted by Crippen LogP contribution is 2.30. The zero-order chi connectivity index (χ0) is 15.2. The Morgan fingerprint density at radius 1 is 1.38 bits per heavy atom. The van der Waals surface area contributed by atoms with Crippen LogP contribution in [0, 0.1) is 5.92 Å². The molecule has 0 saturated heterocycles. The summed E-state index contributed by atoms with van der Waals surface area (Å²) in [6, 6.07) is 7.49. The minimum Gasteiger partial charge on any atom is -0.341 e. The van der Waals surface area contributed by atoms with Crippen molar-refractivity contribution in [1.29, 1.82) is 0 Å². The van der Waals surface area contributed by atoms with Crippen LogP contribution in [0.5, 0.6) is 0 Å². The summed E-state index contributed by atoms with van der Waals surface area (Å²) < 4.78 is 0. The Bertz CT molecular complexity index is 456. The first kappa shape index (κ1) is 16.3. The summed E-state index contributed by atoms with van der Waals surface area (Å²) in [5.74, 6) is 0.797. The summed E-state index contributed by atoms with van der Waals surface area (Å²) in [4.78, 5) is 14.4. The van der Waals surface area contributed by atoms with Crippen molar-refractivity contribution in [3.63, 3.8) is 0 Å². The number of carbonyl (C=O) groups excluding carboxylic acids is 1. The predicted molar refractivity (Wildman–Crippen MR) is 87.3 cm³/mol. The van der Waals surface area contributed by atoms with Crippen LogP contribution in [0.15, 0.2) is 24.3 Å². The van der Waals surface area contributed by atoms with Gasteiger partial charge in [0, 0.05) is 18.1 Å². The molecule has 1 unspecified atom stereocenters. The molecule has 0 aliphatic heterocycles. The van der Waals surface area contributed by atoms with Gasteiger partial charge in [-0.2, -0.15) is 0 Å². The zero-order valence-corrected chi connectivity index (χ0v) is 13.5. The topological polar surface area (TPSA) is 46.3 Å². The maximum absolute atomic E-state index is 12.5. The summed E-state index contributed by atoms with van der Waals surface area (Å²) in [7, 11) is 0. The Morgan fingerprint density at radius 3 is 2.62 bits per heavy atom. The van der Waals surface area contributed by atoms with Crippen LogP contribution < -0.4 is 5.73 Å². The fourth-order valence-corrected chi connectivity index (χ4v) is 2.61. The van der Waals surface area contributed by atoms with Gasteiger partial charge in [0.1, 0.15) is 0 Å². The van der Waals surface area contributed by atoms with Crippen molar-refractivity contribution in [2.75, 3.05) is 13.1 Å². The lowest BCUT2D eigenvalue weighted by Crippen LogP contribution is -2.45. The van der Waals surface area contributed by atoms with Crippen LogP contribution in [0.3, 0.4) is 0 Å². The van der Waals surface area contributed by atoms with Crippen LogP contribution in [-0.2, 0) is 11.2 Å². The van der Waals surface area contributed by atoms with Crippen molar-refractivity contribution < 1.29 is 4.79 Å². The molecular weight excluding hydrogens is 284 g/mol. The number of halogens is 1. The molecular formula is C17H25ClN2O. The first-order valence-electron chi connectivity index (χ1n) is 7.89. The fourth-order valence-electron chi connectivity index (χ4n) is 2.49. The van der Waals surface area contributed by atoms with E-state index in [0.717, 1.165) is 37.4 Å². The van der Waals surface area contributed by atoms with Gasteiger partial charge in [0.05, 0.1) is 6.04 Å². The van der Waals surface area contributed by atoms with Gasteiger partial charge in [-0.1, -0.05) is 37.1 Å². The van der Waals surface area contributed by atoms with E-state index in [1.165, 1.54) is 18.4 Å². The van der Waals surface area contributed by atoms with Crippen molar-refractivity contribution in [1.82, 2.24) is 4.90 Å². The number of rotatable bonds is 8. The molecule has 1 aromatic rings. The molecule has 0 aromatic heterocycles. The largest absolute Gasteiger partial charge is 0.341 e. The third-order valence-electron chi connectivity index (χ3n) is 3.99. The van der Waals surface area contributed by atoms with Gasteiger partial charge in [-0.15, -0.1) is 0 Å². The molecule has 1 amide bonds. The predicted octanol–water partition coefficient (Wildman–Crippen LogP) is 3.25. The van der Waals surface area contributed by atoms with Crippen LogP contribution in [0.4, 0.5) is 0 Å². The van der Waals surface area contributed by atoms with Gasteiger partial charge >= 0.3 is 0 Å². The first-order chi connectivity index (χ1) is 10.1. The third kappa shape index (κ3) is 5.33. The molecule has 1 aliphatic carbocycles. The van der Waals surface area contributed by atoms with Crippen molar-refractivity contribution in [3.05, 3.63) is 34.9 Å². The summed E-state index contributed by atoms with van der Waals surface area (Å²) in [5, 5.41) is 0.745. The van der Waals surface area contributed by atoms with Gasteiger partial charge in [0.15, 0.2) is 0 Å². The van der Waals surface area contributed by atoms with E-state index < -0.39 is 0 Å². The van der Waals surface area contributed by atoms with Crippen molar-refractivity contribution in [2.45, 2.75) is 45.1 Å². The molecule has 21 heavy (non-hydrogen) atoms. The molecule has 1 aromatic carbocycles. The number of amides is 1. The molecule has 116 valence electrons. The normalized spacial score (nSPS) is 15.8. The van der Waals surface area contributed by atoms with E-state index in [-0.39, 0.29) is 11.9 Å². The van der Waals surface area contributed by atoms with Crippen LogP contribution in [0.25, 0.3) is 0 Å². The Labute approximate surface area is 132 Å². The Morgan fingerprint density at radius 2 is 2.05 bits per heavy atom. The Hall–Kier alpha value is -1.06. The molecule has 1 saturated carbocycles. The molecule has 0 radical (unpaired) electrons. The lowest BCUT2D eigenvalue weighted by molar-refractivity contribution is -0.133. The number of nitrogens with two attached hydrogens (primary N) is 1. The highest BCUT2D eigenvalue weighted by Gasteiger charge is 2.28. The van der Waals surface area contributed by atoms with Gasteiger partial charge in [-0.05, 0) is 49.3 Å². The van der Waals surface area contributed by atoms with Gasteiger partial charge in [-0.25, -0.2) is 0 Å². The highest BCUT2D eigenvalue weighted by atomic mass is 35.5. The molecule has 0 heterocycles. The quantitative estimate of drug-likeness (QED) is 0.801. The van der Waals surface area contributed by atoms with Crippen molar-refractivity contribution in [3.8, 4) is 0 Å². The minimum atomic E-state index is -0.348. The van der Waals surface area contributed by atoms with Crippen molar-refractivity contribution >= 4 is 17.5 Å². The summed E-state index contributed by atoms with van der Waals surface area (Å²) in [6.07, 6.45) is 5.05. The number of hydrogen-bond donors (Lipinski definition) is 1. The third-order valence-corrected chi connectivity index (χ3v) is 4.24. The minimum absolute atomic E-state index is 0.109. The molecule has 4 heteroatoms. The molecule has 3 nitrogen and oxygen atoms in total. The highest BCUT2D eigenvalue weighted by molar-refractivity contribution is 6.30. The SMILES string of the molecule is CCCC(N)C(=O)N(CCc1ccc(Cl)cc1)CC1CC1. The van der Waals surface area contributed by atoms with E-state index in [1.54, 1.807) is 0 Å². The Balaban J connectivity index is 1.92. The monoisotopic (exact) mass is 308 g/mol. The zero-order valence-electron chi connectivity index (χ0n) is 12.7. The van der Waals surface area contributed by atoms with E-state index in [2.05, 4.69) is 6.92 Å². The molecule has 2 rings (SSSR count). The number of hydrogen-bond acceptors (Lipinski definition) is 2. The second-order valence-electron chi connectivity index (χ2n) is 6.00. The second kappa shape index (κ2) is 7.81. The standard InChI is InChI=1S/C17H25ClN2O/c1-2-3-16(19)17(21)20(12-14-4-5-14)11-10-13-6-8-15(18)9-7-13/h6-9,14,16H,2-5,10-12,19H2,1H3. The van der Waals surface area contributed by atoms with Gasteiger partial charge < -0.3 is 10.6 Å². The average Bonchev–Trinajstić information content (AvgIpc) is 3.28. The van der Waals surface area contributed by atoms with E-state index in [4.69, 9.17) is 17.3 Å². The summed E-state index contributed by atoms with van der Waals surface area (Å²) >= 11 is 5.90. The number of nitrogens with zero attached hydrogens (tertiary/aromatic N) is 1. The van der Waals surface area contributed by atoms with E-state index in [9.17, 15) is 4.79 Å². The summed E-state index contributed by atoms with van der Waals surface area (Å²) in [6.45, 7) is 3.67. The molecule has 1 atom stereocenters. The Kier molecular flexibility index (Phi) is 6.07. The maximum atomic E-state index is 12.5. The fraction of sp³-hybridized carbons (Fsp3) is 0.588. The van der Waals surface area contributed by atoms with Crippen LogP contribution in [0.1, 0.15) is 38.2 Å². The summed E-state index contributed by atoms with van der Waals surface area (Å²) in [5.41, 5.74) is 7.21. The van der Waals surface area contributed by atoms with Crippen LogP contribution >= 0.6 is 11.6 Å². The average molecular weight is 309 g/mol. The van der Waals surface area contributed by atoms with Gasteiger partial charge in [0.2, 0.25) is 5.91 Å². The van der Waals surface area contributed by atoms with Crippen molar-refractivity contribution in [2.24, 2.45) is 11.7 Å². The number of carbonyl (C=O) groups is 1. The molecule has 2 N–H and O–H groups in total. The van der Waals surface area contributed by atoms with E-state index in [1.807, 2.05) is 29.2 Å². The first-order valence-corrected chi connectivity index (χ1v) is 8.26. The molecule has 0 bridgehead atoms. The lowest BCUT2D eigenvalue weighted by Gasteiger charge is -2.26. The van der Waals surface area contributed by atoms with Gasteiger partial charge in [-0.3, -0.25) is 4.79 Å². The maximum Gasteiger partial charge on any atom is 0.239 e. The van der Waals surface area contributed by atoms with Gasteiger partial charge in [0.25, 0.3) is 0 Å². The van der Waals surface area contributed by atoms with Crippen LogP contribution in [0.2, 0.25) is 5.02 Å². The number of benzene rings is 1. The second-order valence-corrected chi connectivity index (χ2v) is 6.44. The molecule has 1 fully saturated rings. The molecule has 0 spiro atoms.